The molecule has 0 aliphatic rings. The Kier molecular flexibility index (Phi) is 4.63. The molecule has 0 amide bonds. The Morgan fingerprint density at radius 3 is 2.58 bits per heavy atom. The predicted octanol–water partition coefficient (Wildman–Crippen LogP) is 3.75. The first kappa shape index (κ1) is 13.7. The van der Waals surface area contributed by atoms with E-state index in [-0.39, 0.29) is 0 Å². The van der Waals surface area contributed by atoms with Crippen LogP contribution in [0.2, 0.25) is 0 Å². The normalized spacial score (nSPS) is 9.74. The lowest BCUT2D eigenvalue weighted by atomic mass is 10.2. The highest BCUT2D eigenvalue weighted by atomic mass is 127. The van der Waals surface area contributed by atoms with Gasteiger partial charge >= 0.3 is 0 Å². The van der Waals surface area contributed by atoms with Crippen LogP contribution in [0.3, 0.4) is 0 Å². The van der Waals surface area contributed by atoms with Crippen LogP contribution in [0.15, 0.2) is 42.5 Å². The van der Waals surface area contributed by atoms with E-state index in [1.54, 1.807) is 19.2 Å². The Bertz CT molecular complexity index is 606. The Labute approximate surface area is 125 Å². The van der Waals surface area contributed by atoms with Gasteiger partial charge in [-0.3, -0.25) is 0 Å². The summed E-state index contributed by atoms with van der Waals surface area (Å²) in [5.41, 5.74) is 1.65. The Morgan fingerprint density at radius 2 is 1.95 bits per heavy atom. The van der Waals surface area contributed by atoms with E-state index in [9.17, 15) is 0 Å². The van der Waals surface area contributed by atoms with Crippen molar-refractivity contribution in [1.82, 2.24) is 0 Å². The molecular weight excluding hydrogens is 353 g/mol. The van der Waals surface area contributed by atoms with E-state index < -0.39 is 0 Å². The molecule has 0 aliphatic carbocycles. The van der Waals surface area contributed by atoms with Crippen molar-refractivity contribution < 1.29 is 9.47 Å². The lowest BCUT2D eigenvalue weighted by Crippen LogP contribution is -2.00. The third kappa shape index (κ3) is 3.38. The number of methoxy groups -OCH3 is 1. The molecule has 0 unspecified atom stereocenters. The number of halogens is 1. The van der Waals surface area contributed by atoms with Gasteiger partial charge in [-0.1, -0.05) is 30.3 Å². The number of rotatable bonds is 4. The maximum atomic E-state index is 8.93. The summed E-state index contributed by atoms with van der Waals surface area (Å²) < 4.78 is 11.9. The van der Waals surface area contributed by atoms with Gasteiger partial charge in [-0.05, 0) is 34.2 Å². The van der Waals surface area contributed by atoms with Gasteiger partial charge in [-0.2, -0.15) is 5.26 Å². The molecule has 0 aromatic heterocycles. The van der Waals surface area contributed by atoms with Crippen LogP contribution in [0.25, 0.3) is 0 Å². The molecule has 96 valence electrons. The first-order valence-corrected chi connectivity index (χ1v) is 6.77. The van der Waals surface area contributed by atoms with E-state index >= 15 is 0 Å². The van der Waals surface area contributed by atoms with Gasteiger partial charge < -0.3 is 9.47 Å². The molecule has 0 saturated heterocycles. The largest absolute Gasteiger partial charge is 0.493 e. The number of hydrogen-bond donors (Lipinski definition) is 0. The zero-order valence-corrected chi connectivity index (χ0v) is 12.5. The SMILES string of the molecule is COc1cc(C#N)cc(I)c1OCc1ccccc1. The second-order valence-corrected chi connectivity index (χ2v) is 5.04. The van der Waals surface area contributed by atoms with E-state index in [4.69, 9.17) is 14.7 Å². The summed E-state index contributed by atoms with van der Waals surface area (Å²) in [7, 11) is 1.57. The molecule has 2 aromatic carbocycles. The molecule has 0 atom stereocenters. The summed E-state index contributed by atoms with van der Waals surface area (Å²) >= 11 is 2.14. The topological polar surface area (TPSA) is 42.2 Å². The first-order chi connectivity index (χ1) is 9.24. The average molecular weight is 365 g/mol. The molecule has 0 heterocycles. The van der Waals surface area contributed by atoms with Crippen molar-refractivity contribution in [2.75, 3.05) is 7.11 Å². The monoisotopic (exact) mass is 365 g/mol. The van der Waals surface area contributed by atoms with Gasteiger partial charge in [0.1, 0.15) is 6.61 Å². The summed E-state index contributed by atoms with van der Waals surface area (Å²) in [5, 5.41) is 8.93. The fraction of sp³-hybridized carbons (Fsp3) is 0.133. The maximum Gasteiger partial charge on any atom is 0.175 e. The average Bonchev–Trinajstić information content (AvgIpc) is 2.46. The summed E-state index contributed by atoms with van der Waals surface area (Å²) in [6, 6.07) is 15.5. The fourth-order valence-electron chi connectivity index (χ4n) is 1.65. The van der Waals surface area contributed by atoms with Crippen LogP contribution in [0.4, 0.5) is 0 Å². The lowest BCUT2D eigenvalue weighted by molar-refractivity contribution is 0.282. The third-order valence-electron chi connectivity index (χ3n) is 2.58. The van der Waals surface area contributed by atoms with E-state index in [2.05, 4.69) is 28.7 Å². The van der Waals surface area contributed by atoms with Gasteiger partial charge in [-0.25, -0.2) is 0 Å². The van der Waals surface area contributed by atoms with Crippen LogP contribution in [0.5, 0.6) is 11.5 Å². The van der Waals surface area contributed by atoms with Crippen molar-refractivity contribution in [3.8, 4) is 17.6 Å². The molecule has 3 nitrogen and oxygen atoms in total. The molecule has 2 rings (SSSR count). The highest BCUT2D eigenvalue weighted by Gasteiger charge is 2.11. The smallest absolute Gasteiger partial charge is 0.175 e. The predicted molar refractivity (Wildman–Crippen MR) is 81.2 cm³/mol. The van der Waals surface area contributed by atoms with Crippen molar-refractivity contribution in [2.45, 2.75) is 6.61 Å². The second-order valence-electron chi connectivity index (χ2n) is 3.88. The summed E-state index contributed by atoms with van der Waals surface area (Å²) in [6.07, 6.45) is 0. The minimum absolute atomic E-state index is 0.471. The van der Waals surface area contributed by atoms with E-state index in [1.807, 2.05) is 30.3 Å². The second kappa shape index (κ2) is 6.43. The minimum atomic E-state index is 0.471. The van der Waals surface area contributed by atoms with Crippen LogP contribution in [-0.2, 0) is 6.61 Å². The van der Waals surface area contributed by atoms with Crippen LogP contribution in [0.1, 0.15) is 11.1 Å². The first-order valence-electron chi connectivity index (χ1n) is 5.69. The number of ether oxygens (including phenoxy) is 2. The van der Waals surface area contributed by atoms with Crippen molar-refractivity contribution in [3.63, 3.8) is 0 Å². The van der Waals surface area contributed by atoms with Crippen LogP contribution in [-0.4, -0.2) is 7.11 Å². The summed E-state index contributed by atoms with van der Waals surface area (Å²) in [5.74, 6) is 1.25. The maximum absolute atomic E-state index is 8.93. The van der Waals surface area contributed by atoms with E-state index in [1.165, 1.54) is 0 Å². The van der Waals surface area contributed by atoms with Crippen molar-refractivity contribution in [3.05, 3.63) is 57.2 Å². The lowest BCUT2D eigenvalue weighted by Gasteiger charge is -2.13. The molecule has 0 N–H and O–H groups in total. The molecule has 0 saturated carbocycles. The number of nitrogens with zero attached hydrogens (tertiary/aromatic N) is 1. The van der Waals surface area contributed by atoms with Gasteiger partial charge in [0.25, 0.3) is 0 Å². The molecule has 0 fully saturated rings. The highest BCUT2D eigenvalue weighted by molar-refractivity contribution is 14.1. The number of benzene rings is 2. The molecule has 2 aromatic rings. The molecule has 0 aliphatic heterocycles. The standard InChI is InChI=1S/C15H12INO2/c1-18-14-8-12(9-17)7-13(16)15(14)19-10-11-5-3-2-4-6-11/h2-8H,10H2,1H3. The van der Waals surface area contributed by atoms with Crippen molar-refractivity contribution >= 4 is 22.6 Å². The zero-order valence-electron chi connectivity index (χ0n) is 10.4. The summed E-state index contributed by atoms with van der Waals surface area (Å²) in [6.45, 7) is 0.471. The molecule has 0 radical (unpaired) electrons. The Morgan fingerprint density at radius 1 is 1.21 bits per heavy atom. The van der Waals surface area contributed by atoms with Crippen LogP contribution in [0, 0.1) is 14.9 Å². The fourth-order valence-corrected chi connectivity index (χ4v) is 2.41. The van der Waals surface area contributed by atoms with Gasteiger partial charge in [0.15, 0.2) is 11.5 Å². The van der Waals surface area contributed by atoms with Crippen molar-refractivity contribution in [2.24, 2.45) is 0 Å². The molecule has 0 spiro atoms. The minimum Gasteiger partial charge on any atom is -0.493 e. The molecular formula is C15H12INO2. The Balaban J connectivity index is 2.23. The molecule has 4 heteroatoms. The van der Waals surface area contributed by atoms with Gasteiger partial charge in [-0.15, -0.1) is 0 Å². The highest BCUT2D eigenvalue weighted by Crippen LogP contribution is 2.34. The molecule has 19 heavy (non-hydrogen) atoms. The quantitative estimate of drug-likeness (QED) is 0.775. The zero-order chi connectivity index (χ0) is 13.7. The number of nitriles is 1. The Hall–Kier alpha value is -1.74. The van der Waals surface area contributed by atoms with Crippen LogP contribution < -0.4 is 9.47 Å². The summed E-state index contributed by atoms with van der Waals surface area (Å²) in [4.78, 5) is 0. The van der Waals surface area contributed by atoms with Crippen LogP contribution >= 0.6 is 22.6 Å². The van der Waals surface area contributed by atoms with Crippen molar-refractivity contribution in [1.29, 1.82) is 5.26 Å². The van der Waals surface area contributed by atoms with E-state index in [0.29, 0.717) is 23.7 Å². The third-order valence-corrected chi connectivity index (χ3v) is 3.39. The molecule has 0 bridgehead atoms. The van der Waals surface area contributed by atoms with Gasteiger partial charge in [0.2, 0.25) is 0 Å². The van der Waals surface area contributed by atoms with Gasteiger partial charge in [0.05, 0.1) is 22.3 Å². The number of hydrogen-bond acceptors (Lipinski definition) is 3. The van der Waals surface area contributed by atoms with E-state index in [0.717, 1.165) is 9.13 Å². The van der Waals surface area contributed by atoms with Gasteiger partial charge in [0, 0.05) is 6.07 Å².